The molecule has 64 heavy (non-hydrogen) atoms. The van der Waals surface area contributed by atoms with Crippen LogP contribution < -0.4 is 4.74 Å². The summed E-state index contributed by atoms with van der Waals surface area (Å²) >= 11 is 13.8. The molecule has 305 valence electrons. The van der Waals surface area contributed by atoms with Crippen molar-refractivity contribution in [3.8, 4) is 83.6 Å². The van der Waals surface area contributed by atoms with Crippen LogP contribution in [0.15, 0.2) is 243 Å². The van der Waals surface area contributed by atoms with Crippen molar-refractivity contribution in [1.29, 1.82) is 0 Å². The Kier molecular flexibility index (Phi) is 11.8. The van der Waals surface area contributed by atoms with E-state index in [4.69, 9.17) is 27.9 Å². The highest BCUT2D eigenvalue weighted by Crippen LogP contribution is 2.54. The first-order chi connectivity index (χ1) is 31.6. The fourth-order valence-corrected chi connectivity index (χ4v) is 9.00. The number of halogens is 2. The van der Waals surface area contributed by atoms with Gasteiger partial charge < -0.3 is 4.74 Å². The van der Waals surface area contributed by atoms with Crippen molar-refractivity contribution < 1.29 is 4.74 Å². The molecule has 10 aromatic carbocycles. The fraction of sp³-hybridized carbons (Fsp3) is 0.0164. The first kappa shape index (κ1) is 40.6. The molecule has 0 saturated carbocycles. The average Bonchev–Trinajstić information content (AvgIpc) is 3.37. The van der Waals surface area contributed by atoms with E-state index < -0.39 is 6.10 Å². The lowest BCUT2D eigenvalue weighted by Crippen LogP contribution is -2.13. The van der Waals surface area contributed by atoms with E-state index in [0.717, 1.165) is 89.0 Å². The Hall–Kier alpha value is -7.42. The molecule has 0 fully saturated rings. The highest BCUT2D eigenvalue weighted by Gasteiger charge is 2.30. The minimum absolute atomic E-state index is 0.562. The maximum Gasteiger partial charge on any atom is 0.150 e. The summed E-state index contributed by atoms with van der Waals surface area (Å²) in [6.45, 7) is 0. The van der Waals surface area contributed by atoms with Gasteiger partial charge in [0.1, 0.15) is 11.9 Å². The molecule has 0 aliphatic heterocycles. The topological polar surface area (TPSA) is 9.23 Å². The third-order valence-corrected chi connectivity index (χ3v) is 12.3. The van der Waals surface area contributed by atoms with Gasteiger partial charge in [-0.1, -0.05) is 248 Å². The zero-order chi connectivity index (χ0) is 43.2. The molecule has 0 N–H and O–H groups in total. The van der Waals surface area contributed by atoms with Gasteiger partial charge in [0.2, 0.25) is 0 Å². The summed E-state index contributed by atoms with van der Waals surface area (Å²) in [5.74, 6) is 0.713. The van der Waals surface area contributed by atoms with Gasteiger partial charge in [0.25, 0.3) is 0 Å². The highest BCUT2D eigenvalue weighted by molar-refractivity contribution is 6.33. The molecule has 1 atom stereocenters. The average molecular weight is 861 g/mol. The molecule has 1 nitrogen and oxygen atoms in total. The van der Waals surface area contributed by atoms with Crippen LogP contribution in [0.3, 0.4) is 0 Å². The maximum atomic E-state index is 8.00. The van der Waals surface area contributed by atoms with Crippen LogP contribution in [0.25, 0.3) is 77.9 Å². The monoisotopic (exact) mass is 859 g/mol. The van der Waals surface area contributed by atoms with Crippen molar-refractivity contribution in [2.24, 2.45) is 0 Å². The molecule has 0 bridgehead atoms. The minimum atomic E-state index is -0.562. The van der Waals surface area contributed by atoms with Crippen LogP contribution in [0.4, 0.5) is 0 Å². The zero-order valence-electron chi connectivity index (χ0n) is 34.8. The fourth-order valence-electron chi connectivity index (χ4n) is 8.64. The van der Waals surface area contributed by atoms with Gasteiger partial charge >= 0.3 is 0 Å². The van der Waals surface area contributed by atoms with Gasteiger partial charge in [0.15, 0.2) is 0 Å². The Labute approximate surface area is 385 Å². The van der Waals surface area contributed by atoms with Gasteiger partial charge in [-0.05, 0) is 73.8 Å². The predicted molar refractivity (Wildman–Crippen MR) is 269 cm³/mol. The molecule has 3 heteroatoms. The number of hydrogen-bond acceptors (Lipinski definition) is 1. The number of rotatable bonds is 11. The first-order valence-corrected chi connectivity index (χ1v) is 22.2. The van der Waals surface area contributed by atoms with Gasteiger partial charge in [-0.3, -0.25) is 0 Å². The van der Waals surface area contributed by atoms with E-state index in [-0.39, 0.29) is 0 Å². The van der Waals surface area contributed by atoms with E-state index in [0.29, 0.717) is 15.8 Å². The normalized spacial score (nSPS) is 11.5. The highest BCUT2D eigenvalue weighted by atomic mass is 35.5. The number of benzene rings is 10. The van der Waals surface area contributed by atoms with Crippen LogP contribution in [0, 0.1) is 6.07 Å². The van der Waals surface area contributed by atoms with Gasteiger partial charge in [-0.15, -0.1) is 0 Å². The Bertz CT molecular complexity index is 3170. The standard InChI is InChI=1S/C61H41Cl2O/c62-49-39-37-45(38-40-49)51-28-14-16-31-54(51)60(48-25-11-4-12-26-48)64-61-58(47-23-9-3-10-24-47)55(46-35-33-43(34-36-46)42-19-5-1-6-20-42)41-56(52-29-17-18-32-57(52)63)59(61)53-30-15-13-27-50(53)44-21-7-2-8-22-44/h1-40,60H. The predicted octanol–water partition coefficient (Wildman–Crippen LogP) is 17.6. The third kappa shape index (κ3) is 8.28. The summed E-state index contributed by atoms with van der Waals surface area (Å²) in [5, 5.41) is 1.30. The number of ether oxygens (including phenoxy) is 1. The molecule has 0 amide bonds. The van der Waals surface area contributed by atoms with E-state index in [9.17, 15) is 0 Å². The van der Waals surface area contributed by atoms with Crippen LogP contribution in [-0.4, -0.2) is 0 Å². The molecule has 10 aromatic rings. The molecule has 0 heterocycles. The maximum absolute atomic E-state index is 8.00. The second kappa shape index (κ2) is 18.5. The van der Waals surface area contributed by atoms with Gasteiger partial charge in [-0.25, -0.2) is 0 Å². The molecule has 0 spiro atoms. The SMILES string of the molecule is Clc1ccc(-c2ccccc2C(Oc2c(-c3ccccc3)c(-c3ccc(-c4ccccc4)cc3)[c]c(-c3ccccc3Cl)c2-c2ccccc2-c2ccccc2)c2ccccc2)cc1. The molecule has 0 aliphatic rings. The van der Waals surface area contributed by atoms with E-state index >= 15 is 0 Å². The second-order valence-corrected chi connectivity index (χ2v) is 16.5. The largest absolute Gasteiger partial charge is 0.480 e. The minimum Gasteiger partial charge on any atom is -0.480 e. The Morgan fingerprint density at radius 1 is 0.328 bits per heavy atom. The van der Waals surface area contributed by atoms with Gasteiger partial charge in [0.05, 0.1) is 0 Å². The van der Waals surface area contributed by atoms with Crippen molar-refractivity contribution in [2.45, 2.75) is 6.10 Å². The second-order valence-electron chi connectivity index (χ2n) is 15.7. The Balaban J connectivity index is 1.34. The molecular formula is C61H41Cl2O. The lowest BCUT2D eigenvalue weighted by Gasteiger charge is -2.29. The summed E-state index contributed by atoms with van der Waals surface area (Å²) in [5.41, 5.74) is 15.9. The molecule has 0 saturated heterocycles. The van der Waals surface area contributed by atoms with E-state index in [1.807, 2.05) is 42.5 Å². The Morgan fingerprint density at radius 2 is 0.781 bits per heavy atom. The molecule has 1 radical (unpaired) electrons. The van der Waals surface area contributed by atoms with Crippen molar-refractivity contribution in [3.05, 3.63) is 270 Å². The quantitative estimate of drug-likeness (QED) is 0.126. The van der Waals surface area contributed by atoms with Crippen LogP contribution >= 0.6 is 23.2 Å². The van der Waals surface area contributed by atoms with E-state index in [1.165, 1.54) is 0 Å². The van der Waals surface area contributed by atoms with Crippen molar-refractivity contribution >= 4 is 23.2 Å². The van der Waals surface area contributed by atoms with Crippen molar-refractivity contribution in [1.82, 2.24) is 0 Å². The summed E-state index contributed by atoms with van der Waals surface area (Å²) in [4.78, 5) is 0. The summed E-state index contributed by atoms with van der Waals surface area (Å²) < 4.78 is 8.00. The molecule has 0 aromatic heterocycles. The number of hydrogen-bond donors (Lipinski definition) is 0. The smallest absolute Gasteiger partial charge is 0.150 e. The summed E-state index contributed by atoms with van der Waals surface area (Å²) in [6, 6.07) is 88.1. The van der Waals surface area contributed by atoms with E-state index in [1.54, 1.807) is 0 Å². The first-order valence-electron chi connectivity index (χ1n) is 21.4. The lowest BCUT2D eigenvalue weighted by atomic mass is 9.82. The van der Waals surface area contributed by atoms with Crippen LogP contribution in [0.5, 0.6) is 5.75 Å². The van der Waals surface area contributed by atoms with Crippen molar-refractivity contribution in [3.63, 3.8) is 0 Å². The molecule has 10 rings (SSSR count). The molecular weight excluding hydrogens is 820 g/mol. The molecule has 0 aliphatic carbocycles. The van der Waals surface area contributed by atoms with E-state index in [2.05, 4.69) is 206 Å². The lowest BCUT2D eigenvalue weighted by molar-refractivity contribution is 0.250. The Morgan fingerprint density at radius 3 is 1.42 bits per heavy atom. The summed E-state index contributed by atoms with van der Waals surface area (Å²) in [6.07, 6.45) is -0.562. The third-order valence-electron chi connectivity index (χ3n) is 11.7. The summed E-state index contributed by atoms with van der Waals surface area (Å²) in [7, 11) is 0. The molecule has 1 unspecified atom stereocenters. The van der Waals surface area contributed by atoms with Gasteiger partial charge in [0, 0.05) is 49.5 Å². The van der Waals surface area contributed by atoms with Crippen LogP contribution in [-0.2, 0) is 0 Å². The zero-order valence-corrected chi connectivity index (χ0v) is 36.3. The van der Waals surface area contributed by atoms with Crippen LogP contribution in [0.1, 0.15) is 17.2 Å². The van der Waals surface area contributed by atoms with Gasteiger partial charge in [-0.2, -0.15) is 0 Å². The van der Waals surface area contributed by atoms with Crippen molar-refractivity contribution in [2.75, 3.05) is 0 Å². The van der Waals surface area contributed by atoms with Crippen LogP contribution in [0.2, 0.25) is 10.0 Å².